The van der Waals surface area contributed by atoms with Crippen molar-refractivity contribution in [2.45, 2.75) is 19.1 Å². The van der Waals surface area contributed by atoms with Gasteiger partial charge in [-0.2, -0.15) is 0 Å². The van der Waals surface area contributed by atoms with Crippen LogP contribution in [0.15, 0.2) is 23.2 Å². The van der Waals surface area contributed by atoms with Crippen molar-refractivity contribution < 1.29 is 19.1 Å². The highest BCUT2D eigenvalue weighted by atomic mass is 35.5. The number of aliphatic imine (C=N–C) groups is 1. The first-order chi connectivity index (χ1) is 14.0. The van der Waals surface area contributed by atoms with Crippen molar-refractivity contribution in [3.8, 4) is 5.75 Å². The van der Waals surface area contributed by atoms with Crippen molar-refractivity contribution in [2.24, 2.45) is 4.99 Å². The molecular formula is C19H24ClN5O4. The summed E-state index contributed by atoms with van der Waals surface area (Å²) >= 11 is 6.20. The summed E-state index contributed by atoms with van der Waals surface area (Å²) in [4.78, 5) is 37.4. The average Bonchev–Trinajstić information content (AvgIpc) is 3.28. The molecule has 3 amide bonds. The lowest BCUT2D eigenvalue weighted by atomic mass is 10.1. The first-order valence-electron chi connectivity index (χ1n) is 9.59. The van der Waals surface area contributed by atoms with Gasteiger partial charge >= 0.3 is 6.03 Å². The Labute approximate surface area is 174 Å². The summed E-state index contributed by atoms with van der Waals surface area (Å²) in [6.45, 7) is 4.22. The number of nitrogens with zero attached hydrogens (tertiary/aromatic N) is 5. The van der Waals surface area contributed by atoms with Crippen LogP contribution in [0.4, 0.5) is 10.5 Å². The maximum absolute atomic E-state index is 13.2. The number of hydrogen-bond acceptors (Lipinski definition) is 7. The van der Waals surface area contributed by atoms with Gasteiger partial charge in [-0.3, -0.25) is 9.69 Å². The number of carbonyl (C=O) groups is 2. The molecule has 2 fully saturated rings. The molecule has 0 bridgehead atoms. The molecule has 9 nitrogen and oxygen atoms in total. The second-order valence-electron chi connectivity index (χ2n) is 7.03. The van der Waals surface area contributed by atoms with Gasteiger partial charge in [-0.05, 0) is 25.1 Å². The topological polar surface area (TPSA) is 77.9 Å². The van der Waals surface area contributed by atoms with Gasteiger partial charge < -0.3 is 24.2 Å². The minimum Gasteiger partial charge on any atom is -0.495 e. The molecule has 2 unspecified atom stereocenters. The summed E-state index contributed by atoms with van der Waals surface area (Å²) in [6, 6.07) is 4.50. The lowest BCUT2D eigenvalue weighted by Gasteiger charge is -2.40. The van der Waals surface area contributed by atoms with Gasteiger partial charge in [0.05, 0.1) is 25.9 Å². The highest BCUT2D eigenvalue weighted by Crippen LogP contribution is 2.37. The van der Waals surface area contributed by atoms with Crippen LogP contribution < -0.4 is 9.64 Å². The Morgan fingerprint density at radius 3 is 2.79 bits per heavy atom. The lowest BCUT2D eigenvalue weighted by molar-refractivity contribution is -0.138. The normalized spacial score (nSPS) is 23.5. The van der Waals surface area contributed by atoms with E-state index in [0.717, 1.165) is 5.69 Å². The number of benzene rings is 1. The van der Waals surface area contributed by atoms with Gasteiger partial charge in [0, 0.05) is 31.8 Å². The number of carbonyl (C=O) groups excluding carboxylic acids is 2. The van der Waals surface area contributed by atoms with E-state index < -0.39 is 12.2 Å². The SMILES string of the molecule is CCOCCN1C(=O)C2C(N=C3N(c4cc(Cl)ccc4OC)CCN32)N(C)C1=O. The minimum atomic E-state index is -0.554. The summed E-state index contributed by atoms with van der Waals surface area (Å²) in [7, 11) is 3.28. The lowest BCUT2D eigenvalue weighted by Crippen LogP contribution is -2.65. The molecule has 10 heteroatoms. The van der Waals surface area contributed by atoms with E-state index in [4.69, 9.17) is 26.1 Å². The highest BCUT2D eigenvalue weighted by molar-refractivity contribution is 6.31. The summed E-state index contributed by atoms with van der Waals surface area (Å²) in [5, 5.41) is 0.584. The number of imide groups is 1. The highest BCUT2D eigenvalue weighted by Gasteiger charge is 2.54. The number of likely N-dealkylation sites (N-methyl/N-ethyl adjacent to an activating group) is 1. The first kappa shape index (κ1) is 19.8. The summed E-state index contributed by atoms with van der Waals surface area (Å²) in [6.07, 6.45) is -0.554. The molecule has 0 N–H and O–H groups in total. The molecule has 1 aromatic carbocycles. The second-order valence-corrected chi connectivity index (χ2v) is 7.47. The molecule has 156 valence electrons. The molecule has 29 heavy (non-hydrogen) atoms. The number of ether oxygens (including phenoxy) is 2. The number of anilines is 1. The number of fused-ring (bicyclic) bond motifs is 3. The van der Waals surface area contributed by atoms with Gasteiger partial charge in [0.1, 0.15) is 5.75 Å². The van der Waals surface area contributed by atoms with Gasteiger partial charge in [-0.1, -0.05) is 11.6 Å². The Bertz CT molecular complexity index is 863. The average molecular weight is 422 g/mol. The van der Waals surface area contributed by atoms with Crippen molar-refractivity contribution in [3.63, 3.8) is 0 Å². The van der Waals surface area contributed by atoms with E-state index >= 15 is 0 Å². The van der Waals surface area contributed by atoms with Crippen LogP contribution in [0.3, 0.4) is 0 Å². The molecule has 0 aromatic heterocycles. The first-order valence-corrected chi connectivity index (χ1v) is 9.97. The third-order valence-electron chi connectivity index (χ3n) is 5.47. The predicted octanol–water partition coefficient (Wildman–Crippen LogP) is 1.47. The van der Waals surface area contributed by atoms with E-state index in [0.29, 0.717) is 43.0 Å². The van der Waals surface area contributed by atoms with E-state index in [-0.39, 0.29) is 18.5 Å². The molecule has 0 aliphatic carbocycles. The molecule has 3 aliphatic heterocycles. The van der Waals surface area contributed by atoms with Crippen molar-refractivity contribution in [2.75, 3.05) is 51.9 Å². The number of halogens is 1. The Balaban J connectivity index is 1.63. The van der Waals surface area contributed by atoms with Crippen LogP contribution in [-0.2, 0) is 9.53 Å². The smallest absolute Gasteiger partial charge is 0.328 e. The standard InChI is InChI=1S/C19H24ClN5O4/c1-4-29-10-9-25-17(26)15-16(22(2)19(25)27)21-18-23(7-8-24(15)18)13-11-12(20)5-6-14(13)28-3/h5-6,11,15-16H,4,7-10H2,1-3H3. The largest absolute Gasteiger partial charge is 0.495 e. The number of methoxy groups -OCH3 is 1. The predicted molar refractivity (Wildman–Crippen MR) is 108 cm³/mol. The van der Waals surface area contributed by atoms with Gasteiger partial charge in [0.25, 0.3) is 5.91 Å². The fourth-order valence-electron chi connectivity index (χ4n) is 4.04. The Morgan fingerprint density at radius 2 is 2.07 bits per heavy atom. The quantitative estimate of drug-likeness (QED) is 0.647. The Hall–Kier alpha value is -2.52. The number of rotatable bonds is 6. The number of amides is 3. The minimum absolute atomic E-state index is 0.230. The van der Waals surface area contributed by atoms with Crippen LogP contribution in [0.25, 0.3) is 0 Å². The molecule has 2 saturated heterocycles. The van der Waals surface area contributed by atoms with Crippen LogP contribution in [0.2, 0.25) is 5.02 Å². The third-order valence-corrected chi connectivity index (χ3v) is 5.71. The van der Waals surface area contributed by atoms with Crippen LogP contribution in [0, 0.1) is 0 Å². The summed E-state index contributed by atoms with van der Waals surface area (Å²) in [5.41, 5.74) is 0.787. The summed E-state index contributed by atoms with van der Waals surface area (Å²) in [5.74, 6) is 1.08. The molecule has 4 rings (SSSR count). The monoisotopic (exact) mass is 421 g/mol. The fraction of sp³-hybridized carbons (Fsp3) is 0.526. The van der Waals surface area contributed by atoms with Crippen molar-refractivity contribution in [3.05, 3.63) is 23.2 Å². The maximum atomic E-state index is 13.2. The van der Waals surface area contributed by atoms with E-state index in [1.807, 2.05) is 22.8 Å². The Morgan fingerprint density at radius 1 is 1.28 bits per heavy atom. The van der Waals surface area contributed by atoms with Gasteiger partial charge in [-0.15, -0.1) is 0 Å². The fourth-order valence-corrected chi connectivity index (χ4v) is 4.21. The van der Waals surface area contributed by atoms with Crippen molar-refractivity contribution in [1.29, 1.82) is 0 Å². The third kappa shape index (κ3) is 3.18. The van der Waals surface area contributed by atoms with E-state index in [1.54, 1.807) is 26.3 Å². The van der Waals surface area contributed by atoms with E-state index in [9.17, 15) is 9.59 Å². The molecule has 3 aliphatic rings. The zero-order valence-electron chi connectivity index (χ0n) is 16.7. The van der Waals surface area contributed by atoms with E-state index in [2.05, 4.69) is 0 Å². The van der Waals surface area contributed by atoms with Crippen LogP contribution >= 0.6 is 11.6 Å². The van der Waals surface area contributed by atoms with Crippen LogP contribution in [0.1, 0.15) is 6.92 Å². The maximum Gasteiger partial charge on any atom is 0.328 e. The summed E-state index contributed by atoms with van der Waals surface area (Å²) < 4.78 is 10.8. The molecule has 0 saturated carbocycles. The number of hydrogen-bond donors (Lipinski definition) is 0. The second kappa shape index (κ2) is 7.72. The zero-order valence-corrected chi connectivity index (χ0v) is 17.4. The van der Waals surface area contributed by atoms with Gasteiger partial charge in [0.2, 0.25) is 5.96 Å². The number of urea groups is 1. The Kier molecular flexibility index (Phi) is 5.26. The molecular weight excluding hydrogens is 398 g/mol. The van der Waals surface area contributed by atoms with Gasteiger partial charge in [0.15, 0.2) is 12.2 Å². The molecule has 1 aromatic rings. The molecule has 2 atom stereocenters. The van der Waals surface area contributed by atoms with E-state index in [1.165, 1.54) is 9.80 Å². The molecule has 3 heterocycles. The van der Waals surface area contributed by atoms with Crippen molar-refractivity contribution >= 4 is 35.2 Å². The van der Waals surface area contributed by atoms with Crippen molar-refractivity contribution in [1.82, 2.24) is 14.7 Å². The zero-order chi connectivity index (χ0) is 20.7. The molecule has 0 spiro atoms. The van der Waals surface area contributed by atoms with Crippen LogP contribution in [-0.4, -0.2) is 91.8 Å². The van der Waals surface area contributed by atoms with Gasteiger partial charge in [-0.25, -0.2) is 9.79 Å². The number of guanidine groups is 1. The van der Waals surface area contributed by atoms with Crippen LogP contribution in [0.5, 0.6) is 5.75 Å². The molecule has 0 radical (unpaired) electrons.